The Hall–Kier alpha value is -2.30. The Morgan fingerprint density at radius 1 is 1.35 bits per heavy atom. The topological polar surface area (TPSA) is 78.0 Å². The number of hydrogen-bond acceptors (Lipinski definition) is 4. The summed E-state index contributed by atoms with van der Waals surface area (Å²) >= 11 is 0. The summed E-state index contributed by atoms with van der Waals surface area (Å²) in [7, 11) is 0. The molecule has 3 N–H and O–H groups in total. The van der Waals surface area contributed by atoms with E-state index in [4.69, 9.17) is 5.11 Å². The third kappa shape index (κ3) is 2.84. The lowest BCUT2D eigenvalue weighted by Gasteiger charge is -2.06. The van der Waals surface area contributed by atoms with Gasteiger partial charge in [-0.15, -0.1) is 0 Å². The quantitative estimate of drug-likeness (QED) is 0.703. The summed E-state index contributed by atoms with van der Waals surface area (Å²) in [4.78, 5) is 18.2. The van der Waals surface area contributed by atoms with Crippen molar-refractivity contribution in [3.05, 3.63) is 46.4 Å². The van der Waals surface area contributed by atoms with Gasteiger partial charge in [0.1, 0.15) is 5.75 Å². The Morgan fingerprint density at radius 3 is 2.71 bits per heavy atom. The number of hydrogen-bond donors (Lipinski definition) is 3. The molecular weight excluding hydrogens is 218 g/mol. The molecule has 0 atom stereocenters. The molecule has 0 unspecified atom stereocenters. The van der Waals surface area contributed by atoms with Crippen molar-refractivity contribution in [3.8, 4) is 5.75 Å². The maximum Gasteiger partial charge on any atom is 0.252 e. The molecule has 5 heteroatoms. The molecule has 2 aromatic rings. The highest BCUT2D eigenvalue weighted by molar-refractivity contribution is 5.54. The van der Waals surface area contributed by atoms with Crippen LogP contribution in [-0.4, -0.2) is 15.1 Å². The maximum absolute atomic E-state index is 11.3. The van der Waals surface area contributed by atoms with Crippen LogP contribution in [0.4, 0.5) is 11.6 Å². The molecule has 0 saturated heterocycles. The first kappa shape index (κ1) is 11.2. The second kappa shape index (κ2) is 4.69. The van der Waals surface area contributed by atoms with Gasteiger partial charge in [0.15, 0.2) is 0 Å². The van der Waals surface area contributed by atoms with E-state index < -0.39 is 0 Å². The second-order valence-corrected chi connectivity index (χ2v) is 3.61. The first-order chi connectivity index (χ1) is 8.17. The molecule has 88 valence electrons. The zero-order valence-electron chi connectivity index (χ0n) is 9.40. The van der Waals surface area contributed by atoms with Crippen LogP contribution in [0, 0.1) is 0 Å². The standard InChI is InChI=1S/C12H13N3O2/c1-2-8-7-11(17)15-12(13-8)14-9-3-5-10(16)6-4-9/h3-7,16H,2H2,1H3,(H2,13,14,15,17). The summed E-state index contributed by atoms with van der Waals surface area (Å²) in [6, 6.07) is 8.00. The van der Waals surface area contributed by atoms with Crippen molar-refractivity contribution in [1.82, 2.24) is 9.97 Å². The molecule has 0 aliphatic rings. The van der Waals surface area contributed by atoms with Gasteiger partial charge in [0.25, 0.3) is 5.56 Å². The number of nitrogens with zero attached hydrogens (tertiary/aromatic N) is 1. The molecular formula is C12H13N3O2. The van der Waals surface area contributed by atoms with E-state index in [-0.39, 0.29) is 11.3 Å². The SMILES string of the molecule is CCc1cc(=O)[nH]c(Nc2ccc(O)cc2)n1. The first-order valence-corrected chi connectivity index (χ1v) is 5.33. The van der Waals surface area contributed by atoms with Gasteiger partial charge < -0.3 is 10.4 Å². The van der Waals surface area contributed by atoms with E-state index in [9.17, 15) is 4.79 Å². The van der Waals surface area contributed by atoms with E-state index in [1.807, 2.05) is 6.92 Å². The van der Waals surface area contributed by atoms with Crippen molar-refractivity contribution < 1.29 is 5.11 Å². The van der Waals surface area contributed by atoms with Crippen LogP contribution >= 0.6 is 0 Å². The minimum Gasteiger partial charge on any atom is -0.508 e. The van der Waals surface area contributed by atoms with Crippen molar-refractivity contribution in [3.63, 3.8) is 0 Å². The Kier molecular flexibility index (Phi) is 3.09. The summed E-state index contributed by atoms with van der Waals surface area (Å²) in [5, 5.41) is 12.1. The third-order valence-corrected chi connectivity index (χ3v) is 2.29. The number of nitrogens with one attached hydrogen (secondary N) is 2. The lowest BCUT2D eigenvalue weighted by molar-refractivity contribution is 0.475. The summed E-state index contributed by atoms with van der Waals surface area (Å²) in [5.74, 6) is 0.597. The van der Waals surface area contributed by atoms with Gasteiger partial charge in [0, 0.05) is 17.4 Å². The smallest absolute Gasteiger partial charge is 0.252 e. The van der Waals surface area contributed by atoms with Crippen molar-refractivity contribution in [2.45, 2.75) is 13.3 Å². The van der Waals surface area contributed by atoms with Gasteiger partial charge in [-0.05, 0) is 30.7 Å². The molecule has 1 heterocycles. The number of aryl methyl sites for hydroxylation is 1. The fourth-order valence-corrected chi connectivity index (χ4v) is 1.43. The average Bonchev–Trinajstić information content (AvgIpc) is 2.31. The normalized spacial score (nSPS) is 10.2. The van der Waals surface area contributed by atoms with E-state index in [0.717, 1.165) is 11.4 Å². The van der Waals surface area contributed by atoms with Gasteiger partial charge in [-0.2, -0.15) is 0 Å². The number of H-pyrrole nitrogens is 1. The molecule has 0 saturated carbocycles. The second-order valence-electron chi connectivity index (χ2n) is 3.61. The van der Waals surface area contributed by atoms with Crippen LogP contribution in [0.3, 0.4) is 0 Å². The van der Waals surface area contributed by atoms with Gasteiger partial charge in [0.05, 0.1) is 0 Å². The number of phenolic OH excluding ortho intramolecular Hbond substituents is 1. The number of aromatic nitrogens is 2. The van der Waals surface area contributed by atoms with Crippen LogP contribution in [0.5, 0.6) is 5.75 Å². The highest BCUT2D eigenvalue weighted by Gasteiger charge is 2.00. The predicted octanol–water partition coefficient (Wildman–Crippen LogP) is 1.78. The van der Waals surface area contributed by atoms with Crippen molar-refractivity contribution in [2.24, 2.45) is 0 Å². The van der Waals surface area contributed by atoms with Crippen LogP contribution in [0.25, 0.3) is 0 Å². The number of anilines is 2. The van der Waals surface area contributed by atoms with Crippen molar-refractivity contribution >= 4 is 11.6 Å². The molecule has 1 aromatic carbocycles. The zero-order valence-corrected chi connectivity index (χ0v) is 9.40. The number of aromatic amines is 1. The highest BCUT2D eigenvalue weighted by atomic mass is 16.3. The number of benzene rings is 1. The van der Waals surface area contributed by atoms with Crippen molar-refractivity contribution in [1.29, 1.82) is 0 Å². The van der Waals surface area contributed by atoms with Crippen LogP contribution in [-0.2, 0) is 6.42 Å². The van der Waals surface area contributed by atoms with Gasteiger partial charge in [-0.1, -0.05) is 6.92 Å². The summed E-state index contributed by atoms with van der Waals surface area (Å²) in [5.41, 5.74) is 1.30. The molecule has 0 spiro atoms. The fourth-order valence-electron chi connectivity index (χ4n) is 1.43. The van der Waals surface area contributed by atoms with Crippen LogP contribution < -0.4 is 10.9 Å². The monoisotopic (exact) mass is 231 g/mol. The predicted molar refractivity (Wildman–Crippen MR) is 65.6 cm³/mol. The first-order valence-electron chi connectivity index (χ1n) is 5.33. The van der Waals surface area contributed by atoms with Gasteiger partial charge in [-0.3, -0.25) is 9.78 Å². The molecule has 0 aliphatic carbocycles. The van der Waals surface area contributed by atoms with E-state index in [1.54, 1.807) is 24.3 Å². The Morgan fingerprint density at radius 2 is 2.06 bits per heavy atom. The van der Waals surface area contributed by atoms with E-state index >= 15 is 0 Å². The molecule has 17 heavy (non-hydrogen) atoms. The minimum absolute atomic E-state index is 0.182. The van der Waals surface area contributed by atoms with E-state index in [1.165, 1.54) is 6.07 Å². The molecule has 0 radical (unpaired) electrons. The lowest BCUT2D eigenvalue weighted by atomic mass is 10.3. The van der Waals surface area contributed by atoms with Gasteiger partial charge in [-0.25, -0.2) is 4.98 Å². The molecule has 0 fully saturated rings. The summed E-state index contributed by atoms with van der Waals surface area (Å²) < 4.78 is 0. The minimum atomic E-state index is -0.182. The van der Waals surface area contributed by atoms with Crippen molar-refractivity contribution in [2.75, 3.05) is 5.32 Å². The summed E-state index contributed by atoms with van der Waals surface area (Å²) in [6.07, 6.45) is 0.703. The highest BCUT2D eigenvalue weighted by Crippen LogP contribution is 2.16. The van der Waals surface area contributed by atoms with Crippen LogP contribution in [0.1, 0.15) is 12.6 Å². The lowest BCUT2D eigenvalue weighted by Crippen LogP contribution is -2.11. The van der Waals surface area contributed by atoms with Gasteiger partial charge >= 0.3 is 0 Å². The number of aromatic hydroxyl groups is 1. The Bertz CT molecular complexity index is 561. The molecule has 0 amide bonds. The average molecular weight is 231 g/mol. The molecule has 1 aromatic heterocycles. The Labute approximate surface area is 98.2 Å². The molecule has 0 aliphatic heterocycles. The molecule has 0 bridgehead atoms. The molecule has 2 rings (SSSR count). The number of rotatable bonds is 3. The molecule has 5 nitrogen and oxygen atoms in total. The van der Waals surface area contributed by atoms with Crippen LogP contribution in [0.2, 0.25) is 0 Å². The zero-order chi connectivity index (χ0) is 12.3. The van der Waals surface area contributed by atoms with Crippen LogP contribution in [0.15, 0.2) is 35.1 Å². The van der Waals surface area contributed by atoms with E-state index in [2.05, 4.69) is 15.3 Å². The fraction of sp³-hybridized carbons (Fsp3) is 0.167. The Balaban J connectivity index is 2.26. The number of phenols is 1. The largest absolute Gasteiger partial charge is 0.508 e. The maximum atomic E-state index is 11.3. The third-order valence-electron chi connectivity index (χ3n) is 2.29. The van der Waals surface area contributed by atoms with Gasteiger partial charge in [0.2, 0.25) is 5.95 Å². The van der Waals surface area contributed by atoms with E-state index in [0.29, 0.717) is 12.4 Å². The summed E-state index contributed by atoms with van der Waals surface area (Å²) in [6.45, 7) is 1.94.